The molecule has 4 rings (SSSR count). The topological polar surface area (TPSA) is 80.6 Å². The molecule has 1 fully saturated rings. The first kappa shape index (κ1) is 17.2. The van der Waals surface area contributed by atoms with Crippen LogP contribution in [0.1, 0.15) is 34.9 Å². The second-order valence-corrected chi connectivity index (χ2v) is 6.42. The van der Waals surface area contributed by atoms with E-state index in [1.165, 1.54) is 0 Å². The number of carbonyl (C=O) groups excluding carboxylic acids is 1. The largest absolute Gasteiger partial charge is 0.493 e. The van der Waals surface area contributed by atoms with Crippen molar-refractivity contribution in [3.63, 3.8) is 0 Å². The van der Waals surface area contributed by atoms with Gasteiger partial charge in [0.25, 0.3) is 5.91 Å². The van der Waals surface area contributed by atoms with Crippen LogP contribution in [0.4, 0.5) is 0 Å². The molecule has 1 N–H and O–H groups in total. The number of ether oxygens (including phenoxy) is 2. The molecular weight excluding hydrogens is 346 g/mol. The molecular formula is C20H21N3O4. The van der Waals surface area contributed by atoms with Gasteiger partial charge in [0.1, 0.15) is 5.69 Å². The van der Waals surface area contributed by atoms with E-state index >= 15 is 0 Å². The van der Waals surface area contributed by atoms with Crippen LogP contribution < -0.4 is 9.47 Å². The molecule has 3 heterocycles. The minimum absolute atomic E-state index is 0.0129. The molecule has 7 nitrogen and oxygen atoms in total. The van der Waals surface area contributed by atoms with E-state index in [9.17, 15) is 4.79 Å². The number of hydrogen-bond acceptors (Lipinski definition) is 5. The van der Waals surface area contributed by atoms with Gasteiger partial charge in [-0.3, -0.25) is 9.89 Å². The van der Waals surface area contributed by atoms with Gasteiger partial charge in [-0.2, -0.15) is 5.10 Å². The van der Waals surface area contributed by atoms with Gasteiger partial charge in [-0.05, 0) is 42.7 Å². The summed E-state index contributed by atoms with van der Waals surface area (Å²) >= 11 is 0. The zero-order valence-corrected chi connectivity index (χ0v) is 15.3. The smallest absolute Gasteiger partial charge is 0.274 e. The maximum atomic E-state index is 13.0. The number of H-pyrrole nitrogens is 1. The summed E-state index contributed by atoms with van der Waals surface area (Å²) in [6, 6.07) is 11.1. The first-order valence-electron chi connectivity index (χ1n) is 8.83. The third kappa shape index (κ3) is 3.16. The summed E-state index contributed by atoms with van der Waals surface area (Å²) in [4.78, 5) is 14.9. The summed E-state index contributed by atoms with van der Waals surface area (Å²) in [6.07, 6.45) is 3.43. The molecule has 27 heavy (non-hydrogen) atoms. The molecule has 1 aromatic carbocycles. The van der Waals surface area contributed by atoms with Crippen molar-refractivity contribution in [3.05, 3.63) is 53.9 Å². The van der Waals surface area contributed by atoms with Gasteiger partial charge in [0.05, 0.1) is 26.5 Å². The standard InChI is InChI=1S/C20H21N3O4/c1-25-18-8-7-13(11-19(18)26-2)16-5-3-9-23(16)20(24)15-12-14(21-22-15)17-6-4-10-27-17/h4,6-8,10-12,16H,3,5,9H2,1-2H3,(H,21,22). The summed E-state index contributed by atoms with van der Waals surface area (Å²) in [6.45, 7) is 0.695. The van der Waals surface area contributed by atoms with E-state index in [4.69, 9.17) is 13.9 Å². The number of amides is 1. The third-order valence-corrected chi connectivity index (χ3v) is 4.89. The van der Waals surface area contributed by atoms with Crippen molar-refractivity contribution in [2.24, 2.45) is 0 Å². The Labute approximate surface area is 156 Å². The fourth-order valence-electron chi connectivity index (χ4n) is 3.55. The van der Waals surface area contributed by atoms with Crippen LogP contribution in [0, 0.1) is 0 Å². The Balaban J connectivity index is 1.59. The zero-order chi connectivity index (χ0) is 18.8. The SMILES string of the molecule is COc1ccc(C2CCCN2C(=O)c2cc(-c3ccco3)[nH]n2)cc1OC. The number of aromatic amines is 1. The normalized spacial score (nSPS) is 16.5. The monoisotopic (exact) mass is 367 g/mol. The van der Waals surface area contributed by atoms with Crippen molar-refractivity contribution in [2.45, 2.75) is 18.9 Å². The van der Waals surface area contributed by atoms with Gasteiger partial charge < -0.3 is 18.8 Å². The summed E-state index contributed by atoms with van der Waals surface area (Å²) < 4.78 is 16.1. The van der Waals surface area contributed by atoms with Gasteiger partial charge in [0.15, 0.2) is 23.0 Å². The average molecular weight is 367 g/mol. The molecule has 1 aliphatic rings. The fourth-order valence-corrected chi connectivity index (χ4v) is 3.55. The number of rotatable bonds is 5. The summed E-state index contributed by atoms with van der Waals surface area (Å²) in [5, 5.41) is 7.06. The van der Waals surface area contributed by atoms with E-state index in [-0.39, 0.29) is 11.9 Å². The molecule has 0 saturated carbocycles. The fraction of sp³-hybridized carbons (Fsp3) is 0.300. The van der Waals surface area contributed by atoms with E-state index in [0.29, 0.717) is 35.2 Å². The van der Waals surface area contributed by atoms with Gasteiger partial charge in [-0.25, -0.2) is 0 Å². The molecule has 1 atom stereocenters. The van der Waals surface area contributed by atoms with Crippen LogP contribution >= 0.6 is 0 Å². The lowest BCUT2D eigenvalue weighted by atomic mass is 10.0. The maximum absolute atomic E-state index is 13.0. The van der Waals surface area contributed by atoms with Gasteiger partial charge >= 0.3 is 0 Å². The number of methoxy groups -OCH3 is 2. The number of nitrogens with zero attached hydrogens (tertiary/aromatic N) is 2. The van der Waals surface area contributed by atoms with E-state index in [1.54, 1.807) is 32.6 Å². The van der Waals surface area contributed by atoms with Gasteiger partial charge in [-0.15, -0.1) is 0 Å². The number of nitrogens with one attached hydrogen (secondary N) is 1. The van der Waals surface area contributed by atoms with Crippen molar-refractivity contribution >= 4 is 5.91 Å². The molecule has 0 spiro atoms. The highest BCUT2D eigenvalue weighted by molar-refractivity contribution is 5.93. The maximum Gasteiger partial charge on any atom is 0.274 e. The summed E-state index contributed by atoms with van der Waals surface area (Å²) in [5.74, 6) is 1.89. The molecule has 0 radical (unpaired) electrons. The molecule has 1 unspecified atom stereocenters. The second-order valence-electron chi connectivity index (χ2n) is 6.42. The number of likely N-dealkylation sites (tertiary alicyclic amines) is 1. The molecule has 3 aromatic rings. The van der Waals surface area contributed by atoms with Crippen LogP contribution in [0.25, 0.3) is 11.5 Å². The van der Waals surface area contributed by atoms with Crippen LogP contribution in [-0.4, -0.2) is 41.8 Å². The van der Waals surface area contributed by atoms with Gasteiger partial charge in [-0.1, -0.05) is 6.07 Å². The second kappa shape index (κ2) is 7.19. The number of carbonyl (C=O) groups is 1. The highest BCUT2D eigenvalue weighted by atomic mass is 16.5. The van der Waals surface area contributed by atoms with E-state index in [1.807, 2.05) is 29.2 Å². The Morgan fingerprint density at radius 1 is 1.22 bits per heavy atom. The van der Waals surface area contributed by atoms with Crippen molar-refractivity contribution in [3.8, 4) is 23.0 Å². The quantitative estimate of drug-likeness (QED) is 0.744. The molecule has 1 amide bonds. The Morgan fingerprint density at radius 2 is 2.07 bits per heavy atom. The molecule has 0 aliphatic carbocycles. The number of aromatic nitrogens is 2. The van der Waals surface area contributed by atoms with E-state index in [2.05, 4.69) is 10.2 Å². The summed E-state index contributed by atoms with van der Waals surface area (Å²) in [5.41, 5.74) is 2.10. The predicted octanol–water partition coefficient (Wildman–Crippen LogP) is 3.66. The minimum Gasteiger partial charge on any atom is -0.493 e. The number of hydrogen-bond donors (Lipinski definition) is 1. The predicted molar refractivity (Wildman–Crippen MR) is 98.8 cm³/mol. The van der Waals surface area contributed by atoms with Crippen molar-refractivity contribution in [2.75, 3.05) is 20.8 Å². The average Bonchev–Trinajstić information content (AvgIpc) is 3.47. The molecule has 1 aliphatic heterocycles. The lowest BCUT2D eigenvalue weighted by molar-refractivity contribution is 0.0729. The van der Waals surface area contributed by atoms with Gasteiger partial charge in [0, 0.05) is 12.6 Å². The zero-order valence-electron chi connectivity index (χ0n) is 15.3. The minimum atomic E-state index is -0.0960. The Hall–Kier alpha value is -3.22. The lowest BCUT2D eigenvalue weighted by Crippen LogP contribution is -2.30. The van der Waals surface area contributed by atoms with Crippen LogP contribution in [0.15, 0.2) is 47.1 Å². The Morgan fingerprint density at radius 3 is 2.81 bits per heavy atom. The molecule has 0 bridgehead atoms. The van der Waals surface area contributed by atoms with Gasteiger partial charge in [0.2, 0.25) is 0 Å². The highest BCUT2D eigenvalue weighted by Gasteiger charge is 2.32. The van der Waals surface area contributed by atoms with Crippen molar-refractivity contribution in [1.82, 2.24) is 15.1 Å². The Bertz CT molecular complexity index is 933. The molecule has 7 heteroatoms. The van der Waals surface area contributed by atoms with Crippen LogP contribution in [-0.2, 0) is 0 Å². The number of benzene rings is 1. The lowest BCUT2D eigenvalue weighted by Gasteiger charge is -2.25. The van der Waals surface area contributed by atoms with Crippen LogP contribution in [0.3, 0.4) is 0 Å². The third-order valence-electron chi connectivity index (χ3n) is 4.89. The molecule has 2 aromatic heterocycles. The van der Waals surface area contributed by atoms with Crippen LogP contribution in [0.5, 0.6) is 11.5 Å². The van der Waals surface area contributed by atoms with Crippen molar-refractivity contribution in [1.29, 1.82) is 0 Å². The first-order chi connectivity index (χ1) is 13.2. The van der Waals surface area contributed by atoms with Crippen LogP contribution in [0.2, 0.25) is 0 Å². The first-order valence-corrected chi connectivity index (χ1v) is 8.83. The van der Waals surface area contributed by atoms with E-state index < -0.39 is 0 Å². The van der Waals surface area contributed by atoms with Crippen molar-refractivity contribution < 1.29 is 18.7 Å². The Kier molecular flexibility index (Phi) is 4.58. The number of furan rings is 1. The highest BCUT2D eigenvalue weighted by Crippen LogP contribution is 2.37. The molecule has 1 saturated heterocycles. The molecule has 140 valence electrons. The summed E-state index contributed by atoms with van der Waals surface area (Å²) in [7, 11) is 3.22. The van der Waals surface area contributed by atoms with E-state index in [0.717, 1.165) is 18.4 Å².